The summed E-state index contributed by atoms with van der Waals surface area (Å²) in [5.41, 5.74) is 4.83. The molecule has 0 saturated carbocycles. The van der Waals surface area contributed by atoms with Gasteiger partial charge in [-0.05, 0) is 55.8 Å². The van der Waals surface area contributed by atoms with E-state index in [9.17, 15) is 9.90 Å². The maximum atomic E-state index is 12.5. The molecule has 0 unspecified atom stereocenters. The standard InChI is InChI=1S/C20H21N3O3/c1-13-14(2)23(12-21-13)17-7-5-16(6-8-17)22-20(25)18-9-4-15(11-24)10-19(18)26-3/h4-10,12,24H,11H2,1-3H3,(H,22,25). The minimum absolute atomic E-state index is 0.104. The van der Waals surface area contributed by atoms with Gasteiger partial charge in [-0.25, -0.2) is 4.98 Å². The predicted octanol–water partition coefficient (Wildman–Crippen LogP) is 3.24. The van der Waals surface area contributed by atoms with Crippen LogP contribution in [0, 0.1) is 13.8 Å². The summed E-state index contributed by atoms with van der Waals surface area (Å²) in [6.07, 6.45) is 1.78. The zero-order chi connectivity index (χ0) is 18.7. The third-order valence-electron chi connectivity index (χ3n) is 4.35. The second kappa shape index (κ2) is 7.41. The Hall–Kier alpha value is -3.12. The molecule has 0 aliphatic heterocycles. The van der Waals surface area contributed by atoms with Crippen LogP contribution in [0.1, 0.15) is 27.3 Å². The Morgan fingerprint density at radius 1 is 1.19 bits per heavy atom. The van der Waals surface area contributed by atoms with Gasteiger partial charge in [0.25, 0.3) is 5.91 Å². The lowest BCUT2D eigenvalue weighted by atomic mass is 10.1. The van der Waals surface area contributed by atoms with Crippen molar-refractivity contribution in [3.05, 3.63) is 71.3 Å². The molecule has 134 valence electrons. The number of ether oxygens (including phenoxy) is 1. The molecule has 0 fully saturated rings. The largest absolute Gasteiger partial charge is 0.496 e. The van der Waals surface area contributed by atoms with Gasteiger partial charge in [-0.1, -0.05) is 6.07 Å². The topological polar surface area (TPSA) is 76.4 Å². The van der Waals surface area contributed by atoms with E-state index in [1.807, 2.05) is 42.7 Å². The van der Waals surface area contributed by atoms with Gasteiger partial charge in [-0.2, -0.15) is 0 Å². The molecule has 3 aromatic rings. The van der Waals surface area contributed by atoms with Crippen molar-refractivity contribution in [3.63, 3.8) is 0 Å². The minimum atomic E-state index is -0.270. The van der Waals surface area contributed by atoms with Crippen LogP contribution in [0.2, 0.25) is 0 Å². The average molecular weight is 351 g/mol. The number of aromatic nitrogens is 2. The number of anilines is 1. The molecular formula is C20H21N3O3. The average Bonchev–Trinajstić information content (AvgIpc) is 3.00. The summed E-state index contributed by atoms with van der Waals surface area (Å²) in [5, 5.41) is 12.1. The van der Waals surface area contributed by atoms with Crippen LogP contribution in [0.25, 0.3) is 5.69 Å². The molecule has 0 aliphatic rings. The summed E-state index contributed by atoms with van der Waals surface area (Å²) in [7, 11) is 1.50. The lowest BCUT2D eigenvalue weighted by Crippen LogP contribution is -2.13. The van der Waals surface area contributed by atoms with Gasteiger partial charge in [0.05, 0.1) is 31.3 Å². The molecule has 6 nitrogen and oxygen atoms in total. The van der Waals surface area contributed by atoms with Gasteiger partial charge >= 0.3 is 0 Å². The Kier molecular flexibility index (Phi) is 5.04. The Morgan fingerprint density at radius 3 is 2.50 bits per heavy atom. The molecule has 26 heavy (non-hydrogen) atoms. The first-order valence-corrected chi connectivity index (χ1v) is 8.23. The Bertz CT molecular complexity index is 930. The highest BCUT2D eigenvalue weighted by Crippen LogP contribution is 2.22. The van der Waals surface area contributed by atoms with Gasteiger partial charge in [0.2, 0.25) is 0 Å². The van der Waals surface area contributed by atoms with E-state index in [1.165, 1.54) is 7.11 Å². The minimum Gasteiger partial charge on any atom is -0.496 e. The highest BCUT2D eigenvalue weighted by Gasteiger charge is 2.13. The number of nitrogens with zero attached hydrogens (tertiary/aromatic N) is 2. The summed E-state index contributed by atoms with van der Waals surface area (Å²) in [6.45, 7) is 3.88. The number of methoxy groups -OCH3 is 1. The quantitative estimate of drug-likeness (QED) is 0.740. The molecule has 1 heterocycles. The van der Waals surface area contributed by atoms with Crippen molar-refractivity contribution in [2.45, 2.75) is 20.5 Å². The predicted molar refractivity (Wildman–Crippen MR) is 99.9 cm³/mol. The number of hydrogen-bond acceptors (Lipinski definition) is 4. The van der Waals surface area contributed by atoms with Crippen molar-refractivity contribution in [2.75, 3.05) is 12.4 Å². The number of aliphatic hydroxyl groups excluding tert-OH is 1. The zero-order valence-corrected chi connectivity index (χ0v) is 15.0. The van der Waals surface area contributed by atoms with Crippen LogP contribution in [-0.2, 0) is 6.61 Å². The van der Waals surface area contributed by atoms with E-state index in [4.69, 9.17) is 4.74 Å². The number of rotatable bonds is 5. The van der Waals surface area contributed by atoms with Crippen LogP contribution in [0.4, 0.5) is 5.69 Å². The summed E-state index contributed by atoms with van der Waals surface area (Å²) < 4.78 is 7.25. The zero-order valence-electron chi connectivity index (χ0n) is 15.0. The highest BCUT2D eigenvalue weighted by molar-refractivity contribution is 6.06. The first kappa shape index (κ1) is 17.7. The van der Waals surface area contributed by atoms with Gasteiger partial charge in [-0.15, -0.1) is 0 Å². The maximum Gasteiger partial charge on any atom is 0.259 e. The van der Waals surface area contributed by atoms with Gasteiger partial charge in [0.15, 0.2) is 0 Å². The van der Waals surface area contributed by atoms with Gasteiger partial charge < -0.3 is 19.7 Å². The van der Waals surface area contributed by atoms with Crippen molar-refractivity contribution in [1.82, 2.24) is 9.55 Å². The maximum absolute atomic E-state index is 12.5. The van der Waals surface area contributed by atoms with Crippen LogP contribution >= 0.6 is 0 Å². The molecule has 0 aliphatic carbocycles. The number of carbonyl (C=O) groups is 1. The summed E-state index contributed by atoms with van der Waals surface area (Å²) in [6, 6.07) is 12.5. The first-order chi connectivity index (χ1) is 12.5. The number of amides is 1. The van der Waals surface area contributed by atoms with E-state index >= 15 is 0 Å². The van der Waals surface area contributed by atoms with E-state index in [2.05, 4.69) is 10.3 Å². The normalized spacial score (nSPS) is 10.6. The number of benzene rings is 2. The van der Waals surface area contributed by atoms with Crippen LogP contribution < -0.4 is 10.1 Å². The van der Waals surface area contributed by atoms with E-state index in [0.717, 1.165) is 17.1 Å². The molecule has 1 amide bonds. The van der Waals surface area contributed by atoms with E-state index in [0.29, 0.717) is 22.6 Å². The fourth-order valence-corrected chi connectivity index (χ4v) is 2.68. The summed E-state index contributed by atoms with van der Waals surface area (Å²) in [4.78, 5) is 16.8. The Labute approximate surface area is 152 Å². The Morgan fingerprint density at radius 2 is 1.92 bits per heavy atom. The van der Waals surface area contributed by atoms with E-state index in [1.54, 1.807) is 24.5 Å². The summed E-state index contributed by atoms with van der Waals surface area (Å²) in [5.74, 6) is 0.156. The fourth-order valence-electron chi connectivity index (χ4n) is 2.68. The van der Waals surface area contributed by atoms with Crippen molar-refractivity contribution in [3.8, 4) is 11.4 Å². The fraction of sp³-hybridized carbons (Fsp3) is 0.200. The van der Waals surface area contributed by atoms with Crippen molar-refractivity contribution < 1.29 is 14.6 Å². The van der Waals surface area contributed by atoms with Gasteiger partial charge in [-0.3, -0.25) is 4.79 Å². The number of aryl methyl sites for hydroxylation is 1. The van der Waals surface area contributed by atoms with Crippen molar-refractivity contribution >= 4 is 11.6 Å². The molecular weight excluding hydrogens is 330 g/mol. The second-order valence-corrected chi connectivity index (χ2v) is 5.98. The molecule has 1 aromatic heterocycles. The molecule has 3 rings (SSSR count). The third kappa shape index (κ3) is 3.45. The van der Waals surface area contributed by atoms with Crippen molar-refractivity contribution in [2.24, 2.45) is 0 Å². The number of hydrogen-bond donors (Lipinski definition) is 2. The van der Waals surface area contributed by atoms with Crippen LogP contribution in [0.5, 0.6) is 5.75 Å². The molecule has 2 aromatic carbocycles. The SMILES string of the molecule is COc1cc(CO)ccc1C(=O)Nc1ccc(-n2cnc(C)c2C)cc1. The monoisotopic (exact) mass is 351 g/mol. The number of carbonyl (C=O) groups excluding carboxylic acids is 1. The molecule has 0 radical (unpaired) electrons. The molecule has 0 atom stereocenters. The van der Waals surface area contributed by atoms with Gasteiger partial charge in [0, 0.05) is 17.1 Å². The van der Waals surface area contributed by atoms with E-state index in [-0.39, 0.29) is 12.5 Å². The second-order valence-electron chi connectivity index (χ2n) is 5.98. The van der Waals surface area contributed by atoms with Crippen LogP contribution in [-0.4, -0.2) is 27.7 Å². The smallest absolute Gasteiger partial charge is 0.259 e. The van der Waals surface area contributed by atoms with Crippen LogP contribution in [0.15, 0.2) is 48.8 Å². The highest BCUT2D eigenvalue weighted by atomic mass is 16.5. The first-order valence-electron chi connectivity index (χ1n) is 8.23. The Balaban J connectivity index is 1.79. The van der Waals surface area contributed by atoms with Crippen LogP contribution in [0.3, 0.4) is 0 Å². The molecule has 0 spiro atoms. The third-order valence-corrected chi connectivity index (χ3v) is 4.35. The molecule has 2 N–H and O–H groups in total. The summed E-state index contributed by atoms with van der Waals surface area (Å²) >= 11 is 0. The van der Waals surface area contributed by atoms with E-state index < -0.39 is 0 Å². The van der Waals surface area contributed by atoms with Crippen molar-refractivity contribution in [1.29, 1.82) is 0 Å². The lowest BCUT2D eigenvalue weighted by molar-refractivity contribution is 0.102. The molecule has 0 bridgehead atoms. The molecule has 6 heteroatoms. The number of nitrogens with one attached hydrogen (secondary N) is 1. The van der Waals surface area contributed by atoms with Gasteiger partial charge in [0.1, 0.15) is 5.75 Å². The number of aliphatic hydroxyl groups is 1. The molecule has 0 saturated heterocycles. The number of imidazole rings is 1. The lowest BCUT2D eigenvalue weighted by Gasteiger charge is -2.11.